The van der Waals surface area contributed by atoms with Gasteiger partial charge in [0.25, 0.3) is 0 Å². The zero-order valence-electron chi connectivity index (χ0n) is 34.7. The first kappa shape index (κ1) is 44.4. The number of hydrogen-bond acceptors (Lipinski definition) is 10. The number of hydrogen-bond donors (Lipinski definition) is 6. The van der Waals surface area contributed by atoms with Gasteiger partial charge in [0.1, 0.15) is 41.1 Å². The van der Waals surface area contributed by atoms with E-state index in [4.69, 9.17) is 18.9 Å². The Morgan fingerprint density at radius 1 is 0.328 bits per heavy atom. The molecule has 0 fully saturated rings. The summed E-state index contributed by atoms with van der Waals surface area (Å²) in [4.78, 5) is 2.30. The van der Waals surface area contributed by atoms with Gasteiger partial charge >= 0.3 is 0 Å². The molecular weight excluding hydrogens is 869 g/mol. The molecule has 0 unspecified atom stereocenters. The van der Waals surface area contributed by atoms with Crippen molar-refractivity contribution in [2.24, 2.45) is 0 Å². The highest BCUT2D eigenvalue weighted by molar-refractivity contribution is 8.25. The van der Waals surface area contributed by atoms with E-state index in [1.807, 2.05) is 67.6 Å². The summed E-state index contributed by atoms with van der Waals surface area (Å²) in [7, 11) is -8.12. The highest BCUT2D eigenvalue weighted by Crippen LogP contribution is 2.58. The van der Waals surface area contributed by atoms with Crippen molar-refractivity contribution in [3.63, 3.8) is 0 Å². The van der Waals surface area contributed by atoms with Crippen LogP contribution in [0, 0.1) is 6.92 Å². The fourth-order valence-electron chi connectivity index (χ4n) is 6.67. The van der Waals surface area contributed by atoms with E-state index in [2.05, 4.69) is 0 Å². The highest BCUT2D eigenvalue weighted by atomic mass is 32.3. The standard InChI is InChI=1S/C51H46O10S3/c1-36-3-23-46(24-4-36)62(52,53)49-29-17-43(18-30-49)60-42-13-9-39(10-14-42)38-7-11-41(12-8-38)59-35-37-5-25-47(26-6-37)63(54,55)50-31-19-44(20-32-50)61-45-21-33-51(34-22-45)64(56,57)48-27-15-40(58-2)16-28-48/h3-34,52-57H,35H2,1-2H3. The summed E-state index contributed by atoms with van der Waals surface area (Å²) in [6, 6.07) is 56.0. The van der Waals surface area contributed by atoms with Crippen molar-refractivity contribution in [3.8, 4) is 45.6 Å². The van der Waals surface area contributed by atoms with Crippen molar-refractivity contribution < 1.29 is 46.3 Å². The van der Waals surface area contributed by atoms with Crippen LogP contribution in [0.4, 0.5) is 0 Å². The summed E-state index contributed by atoms with van der Waals surface area (Å²) < 4.78 is 89.2. The van der Waals surface area contributed by atoms with Crippen LogP contribution in [0.1, 0.15) is 11.1 Å². The largest absolute Gasteiger partial charge is 0.497 e. The molecule has 0 aliphatic carbocycles. The average molecular weight is 915 g/mol. The zero-order valence-corrected chi connectivity index (χ0v) is 37.2. The fourth-order valence-corrected chi connectivity index (χ4v) is 10.6. The number of ether oxygens (including phenoxy) is 4. The molecule has 0 radical (unpaired) electrons. The van der Waals surface area contributed by atoms with Crippen LogP contribution in [0.2, 0.25) is 0 Å². The van der Waals surface area contributed by atoms with Crippen LogP contribution in [0.25, 0.3) is 11.1 Å². The molecule has 0 spiro atoms. The first-order valence-corrected chi connectivity index (χ1v) is 24.6. The molecule has 0 aliphatic heterocycles. The van der Waals surface area contributed by atoms with Crippen molar-refractivity contribution in [2.45, 2.75) is 42.9 Å². The lowest BCUT2D eigenvalue weighted by molar-refractivity contribution is 0.306. The Balaban J connectivity index is 0.817. The topological polar surface area (TPSA) is 158 Å². The summed E-state index contributed by atoms with van der Waals surface area (Å²) >= 11 is 0. The summed E-state index contributed by atoms with van der Waals surface area (Å²) in [5.41, 5.74) is 3.89. The molecule has 6 N–H and O–H groups in total. The molecule has 10 nitrogen and oxygen atoms in total. The Bertz CT molecular complexity index is 2780. The molecule has 8 rings (SSSR count). The number of rotatable bonds is 15. The van der Waals surface area contributed by atoms with Crippen LogP contribution in [0.5, 0.6) is 34.5 Å². The minimum atomic E-state index is -3.31. The molecule has 13 heteroatoms. The third-order valence-electron chi connectivity index (χ3n) is 10.4. The van der Waals surface area contributed by atoms with Gasteiger partial charge in [0, 0.05) is 0 Å². The first-order valence-electron chi connectivity index (χ1n) is 19.9. The average Bonchev–Trinajstić information content (AvgIpc) is 3.32. The van der Waals surface area contributed by atoms with Crippen LogP contribution < -0.4 is 18.9 Å². The van der Waals surface area contributed by atoms with Crippen molar-refractivity contribution in [1.29, 1.82) is 0 Å². The molecule has 0 bridgehead atoms. The maximum absolute atomic E-state index is 11.2. The lowest BCUT2D eigenvalue weighted by Gasteiger charge is -2.33. The predicted octanol–water partition coefficient (Wildman–Crippen LogP) is 15.3. The Morgan fingerprint density at radius 2 is 0.594 bits per heavy atom. The first-order chi connectivity index (χ1) is 30.8. The van der Waals surface area contributed by atoms with Crippen molar-refractivity contribution in [2.75, 3.05) is 7.11 Å². The van der Waals surface area contributed by atoms with E-state index in [9.17, 15) is 27.3 Å². The highest BCUT2D eigenvalue weighted by Gasteiger charge is 2.22. The fraction of sp³-hybridized carbons (Fsp3) is 0.0588. The van der Waals surface area contributed by atoms with Crippen molar-refractivity contribution in [1.82, 2.24) is 0 Å². The van der Waals surface area contributed by atoms with Gasteiger partial charge in [-0.25, -0.2) is 0 Å². The van der Waals surface area contributed by atoms with Crippen molar-refractivity contribution in [3.05, 3.63) is 205 Å². The van der Waals surface area contributed by atoms with Gasteiger partial charge in [-0.2, -0.15) is 0 Å². The normalized spacial score (nSPS) is 12.6. The number of benzene rings is 8. The molecule has 0 atom stereocenters. The molecule has 0 aromatic heterocycles. The van der Waals surface area contributed by atoms with E-state index in [0.717, 1.165) is 22.3 Å². The molecule has 0 saturated carbocycles. The van der Waals surface area contributed by atoms with E-state index in [0.29, 0.717) is 63.9 Å². The van der Waals surface area contributed by atoms with Crippen LogP contribution in [0.3, 0.4) is 0 Å². The van der Waals surface area contributed by atoms with Gasteiger partial charge in [0.2, 0.25) is 0 Å². The predicted molar refractivity (Wildman–Crippen MR) is 254 cm³/mol. The summed E-state index contributed by atoms with van der Waals surface area (Å²) in [6.45, 7) is 2.23. The molecule has 0 saturated heterocycles. The molecule has 0 aliphatic rings. The van der Waals surface area contributed by atoms with Gasteiger partial charge in [-0.05, 0) is 169 Å². The van der Waals surface area contributed by atoms with E-state index < -0.39 is 31.8 Å². The Morgan fingerprint density at radius 3 is 0.922 bits per heavy atom. The van der Waals surface area contributed by atoms with Gasteiger partial charge in [-0.3, -0.25) is 27.3 Å². The molecule has 64 heavy (non-hydrogen) atoms. The minimum Gasteiger partial charge on any atom is -0.497 e. The van der Waals surface area contributed by atoms with Gasteiger partial charge in [0.05, 0.1) is 36.5 Å². The number of aryl methyl sites for hydroxylation is 1. The van der Waals surface area contributed by atoms with Gasteiger partial charge in [-0.1, -0.05) is 54.1 Å². The second kappa shape index (κ2) is 18.9. The second-order valence-electron chi connectivity index (χ2n) is 14.7. The lowest BCUT2D eigenvalue weighted by Crippen LogP contribution is -2.01. The third kappa shape index (κ3) is 10.1. The smallest absolute Gasteiger partial charge is 0.127 e. The minimum absolute atomic E-state index is 0.282. The SMILES string of the molecule is COc1ccc(S(O)(O)c2ccc(Oc3ccc(S(O)(O)c4ccc(COc5ccc(-c6ccc(Oc7ccc(S(O)(O)c8ccc(C)cc8)cc7)cc6)cc5)cc4)cc3)cc2)cc1. The Hall–Kier alpha value is -6.23. The lowest BCUT2D eigenvalue weighted by atomic mass is 10.1. The summed E-state index contributed by atoms with van der Waals surface area (Å²) in [6.07, 6.45) is 0. The molecule has 8 aromatic rings. The van der Waals surface area contributed by atoms with Gasteiger partial charge in [0.15, 0.2) is 0 Å². The van der Waals surface area contributed by atoms with Crippen molar-refractivity contribution >= 4 is 31.8 Å². The van der Waals surface area contributed by atoms with Crippen LogP contribution in [-0.4, -0.2) is 34.4 Å². The molecule has 328 valence electrons. The molecule has 8 aromatic carbocycles. The van der Waals surface area contributed by atoms with E-state index >= 15 is 0 Å². The summed E-state index contributed by atoms with van der Waals surface area (Å²) in [5.74, 6) is 3.46. The van der Waals surface area contributed by atoms with Crippen LogP contribution >= 0.6 is 31.8 Å². The molecule has 0 amide bonds. The Labute approximate surface area is 377 Å². The quantitative estimate of drug-likeness (QED) is 0.0585. The Kier molecular flexibility index (Phi) is 13.1. The monoisotopic (exact) mass is 914 g/mol. The van der Waals surface area contributed by atoms with Gasteiger partial charge < -0.3 is 18.9 Å². The van der Waals surface area contributed by atoms with Crippen LogP contribution in [0.15, 0.2) is 223 Å². The second-order valence-corrected chi connectivity index (χ2v) is 20.9. The maximum Gasteiger partial charge on any atom is 0.127 e. The molecular formula is C51H46O10S3. The van der Waals surface area contributed by atoms with E-state index in [1.54, 1.807) is 141 Å². The summed E-state index contributed by atoms with van der Waals surface area (Å²) in [5, 5.41) is 0. The number of methoxy groups -OCH3 is 1. The zero-order chi connectivity index (χ0) is 44.9. The van der Waals surface area contributed by atoms with E-state index in [1.165, 1.54) is 0 Å². The van der Waals surface area contributed by atoms with Crippen LogP contribution in [-0.2, 0) is 6.61 Å². The van der Waals surface area contributed by atoms with E-state index in [-0.39, 0.29) is 6.61 Å². The van der Waals surface area contributed by atoms with Gasteiger partial charge in [-0.15, -0.1) is 31.8 Å². The third-order valence-corrected chi connectivity index (χ3v) is 15.9. The maximum atomic E-state index is 11.2. The molecule has 0 heterocycles.